The zero-order chi connectivity index (χ0) is 27.7. The van der Waals surface area contributed by atoms with Gasteiger partial charge in [0.25, 0.3) is 0 Å². The van der Waals surface area contributed by atoms with Gasteiger partial charge in [0, 0.05) is 36.3 Å². The third-order valence-corrected chi connectivity index (χ3v) is 6.81. The minimum atomic E-state index is -4.35. The molecule has 1 N–H and O–H groups in total. The Morgan fingerprint density at radius 1 is 0.769 bits per heavy atom. The number of allylic oxidation sites excluding steroid dienone is 2. The lowest BCUT2D eigenvalue weighted by Crippen LogP contribution is -2.04. The summed E-state index contributed by atoms with van der Waals surface area (Å²) in [5.41, 5.74) is 7.46. The first-order chi connectivity index (χ1) is 18.9. The minimum absolute atomic E-state index is 0.545. The highest BCUT2D eigenvalue weighted by atomic mass is 19.4. The number of aromatic nitrogens is 2. The van der Waals surface area contributed by atoms with Crippen molar-refractivity contribution in [3.8, 4) is 22.5 Å². The topological polar surface area (TPSA) is 37.8 Å². The number of halogens is 3. The van der Waals surface area contributed by atoms with Crippen LogP contribution in [0.25, 0.3) is 22.5 Å². The third-order valence-electron chi connectivity index (χ3n) is 6.81. The monoisotopic (exact) mass is 529 g/mol. The molecule has 0 unspecified atom stereocenters. The molecule has 1 aliphatic rings. The molecule has 1 heterocycles. The van der Waals surface area contributed by atoms with Crippen LogP contribution in [0.4, 0.5) is 18.9 Å². The van der Waals surface area contributed by atoms with E-state index in [0.717, 1.165) is 29.8 Å². The number of benzene rings is 3. The van der Waals surface area contributed by atoms with Gasteiger partial charge in [-0.2, -0.15) is 13.2 Å². The Morgan fingerprint density at radius 2 is 1.31 bits per heavy atom. The predicted octanol–water partition coefficient (Wildman–Crippen LogP) is 9.16. The lowest BCUT2D eigenvalue weighted by Gasteiger charge is -2.15. The molecule has 1 fully saturated rings. The SMILES string of the molecule is CCCc1ccc(CC=C2CCC2)cc1.CNc1ccc(-c2nccnc2-c2ccc(C(F)(F)F)cc2)cc1. The highest BCUT2D eigenvalue weighted by Crippen LogP contribution is 2.33. The second-order valence-corrected chi connectivity index (χ2v) is 9.64. The maximum atomic E-state index is 12.7. The number of aryl methyl sites for hydroxylation is 1. The number of hydrogen-bond acceptors (Lipinski definition) is 3. The van der Waals surface area contributed by atoms with Gasteiger partial charge < -0.3 is 5.32 Å². The standard InChI is InChI=1S/C18H14F3N3.C15H20/c1-22-15-8-4-13(5-9-15)17-16(23-10-11-24-17)12-2-6-14(7-3-12)18(19,20)21;1-2-4-13-7-10-15(11-8-13)12-9-14-5-3-6-14/h2-11,22H,1H3;7-11H,2-6,12H2,1H3. The summed E-state index contributed by atoms with van der Waals surface area (Å²) in [6.45, 7) is 2.23. The molecule has 1 aromatic heterocycles. The summed E-state index contributed by atoms with van der Waals surface area (Å²) in [6, 6.07) is 21.6. The van der Waals surface area contributed by atoms with Crippen LogP contribution in [-0.4, -0.2) is 17.0 Å². The maximum Gasteiger partial charge on any atom is 0.416 e. The summed E-state index contributed by atoms with van der Waals surface area (Å²) in [5, 5.41) is 3.03. The lowest BCUT2D eigenvalue weighted by atomic mass is 9.91. The molecule has 4 aromatic rings. The van der Waals surface area contributed by atoms with Crippen molar-refractivity contribution in [2.24, 2.45) is 0 Å². The van der Waals surface area contributed by atoms with Gasteiger partial charge in [0.15, 0.2) is 0 Å². The summed E-state index contributed by atoms with van der Waals surface area (Å²) in [5.74, 6) is 0. The Kier molecular flexibility index (Phi) is 9.53. The van der Waals surface area contributed by atoms with Crippen molar-refractivity contribution in [2.45, 2.75) is 51.6 Å². The average Bonchev–Trinajstić information content (AvgIpc) is 2.93. The van der Waals surface area contributed by atoms with Crippen LogP contribution in [0.3, 0.4) is 0 Å². The molecule has 0 radical (unpaired) electrons. The molecular formula is C33H34F3N3. The molecule has 0 saturated heterocycles. The van der Waals surface area contributed by atoms with E-state index >= 15 is 0 Å². The molecule has 0 bridgehead atoms. The molecular weight excluding hydrogens is 495 g/mol. The first kappa shape index (κ1) is 28.1. The molecule has 202 valence electrons. The molecule has 3 aromatic carbocycles. The van der Waals surface area contributed by atoms with E-state index in [2.05, 4.69) is 52.5 Å². The Hall–Kier alpha value is -3.93. The molecule has 5 rings (SSSR count). The second kappa shape index (κ2) is 13.2. The zero-order valence-corrected chi connectivity index (χ0v) is 22.4. The smallest absolute Gasteiger partial charge is 0.388 e. The van der Waals surface area contributed by atoms with Gasteiger partial charge in [0.1, 0.15) is 0 Å². The molecule has 0 atom stereocenters. The molecule has 0 amide bonds. The van der Waals surface area contributed by atoms with Crippen LogP contribution in [0.5, 0.6) is 0 Å². The molecule has 6 heteroatoms. The van der Waals surface area contributed by atoms with Crippen molar-refractivity contribution in [2.75, 3.05) is 12.4 Å². The van der Waals surface area contributed by atoms with Gasteiger partial charge in [-0.3, -0.25) is 9.97 Å². The predicted molar refractivity (Wildman–Crippen MR) is 154 cm³/mol. The fraction of sp³-hybridized carbons (Fsp3) is 0.273. The Bertz CT molecular complexity index is 1350. The van der Waals surface area contributed by atoms with Crippen LogP contribution in [0.15, 0.2) is 96.8 Å². The number of anilines is 1. The Balaban J connectivity index is 0.000000202. The quantitative estimate of drug-likeness (QED) is 0.243. The van der Waals surface area contributed by atoms with Gasteiger partial charge >= 0.3 is 6.18 Å². The van der Waals surface area contributed by atoms with Gasteiger partial charge in [-0.05, 0) is 67.5 Å². The van der Waals surface area contributed by atoms with E-state index in [1.807, 2.05) is 31.3 Å². The van der Waals surface area contributed by atoms with Crippen molar-refractivity contribution in [1.82, 2.24) is 9.97 Å². The second-order valence-electron chi connectivity index (χ2n) is 9.64. The number of nitrogens with one attached hydrogen (secondary N) is 1. The largest absolute Gasteiger partial charge is 0.416 e. The molecule has 1 saturated carbocycles. The number of alkyl halides is 3. The first-order valence-corrected chi connectivity index (χ1v) is 13.4. The summed E-state index contributed by atoms with van der Waals surface area (Å²) >= 11 is 0. The third kappa shape index (κ3) is 7.79. The van der Waals surface area contributed by atoms with Gasteiger partial charge in [-0.1, -0.05) is 73.5 Å². The van der Waals surface area contributed by atoms with Crippen LogP contribution in [-0.2, 0) is 19.0 Å². The number of rotatable bonds is 7. The van der Waals surface area contributed by atoms with Crippen molar-refractivity contribution in [1.29, 1.82) is 0 Å². The first-order valence-electron chi connectivity index (χ1n) is 13.4. The van der Waals surface area contributed by atoms with E-state index in [-0.39, 0.29) is 0 Å². The number of nitrogens with zero attached hydrogens (tertiary/aromatic N) is 2. The van der Waals surface area contributed by atoms with Gasteiger partial charge in [-0.15, -0.1) is 0 Å². The van der Waals surface area contributed by atoms with Crippen LogP contribution in [0, 0.1) is 0 Å². The van der Waals surface area contributed by atoms with E-state index in [1.165, 1.54) is 61.6 Å². The summed E-state index contributed by atoms with van der Waals surface area (Å²) in [6.07, 6.45) is 8.81. The molecule has 1 aliphatic carbocycles. The van der Waals surface area contributed by atoms with Crippen LogP contribution in [0.1, 0.15) is 49.3 Å². The van der Waals surface area contributed by atoms with E-state index in [0.29, 0.717) is 17.0 Å². The lowest BCUT2D eigenvalue weighted by molar-refractivity contribution is -0.137. The van der Waals surface area contributed by atoms with Crippen LogP contribution in [0.2, 0.25) is 0 Å². The number of hydrogen-bond donors (Lipinski definition) is 1. The van der Waals surface area contributed by atoms with E-state index in [4.69, 9.17) is 0 Å². The normalized spacial score (nSPS) is 12.7. The summed E-state index contributed by atoms with van der Waals surface area (Å²) in [4.78, 5) is 8.65. The van der Waals surface area contributed by atoms with Crippen LogP contribution < -0.4 is 5.32 Å². The van der Waals surface area contributed by atoms with Gasteiger partial charge in [0.2, 0.25) is 0 Å². The highest BCUT2D eigenvalue weighted by Gasteiger charge is 2.30. The Morgan fingerprint density at radius 3 is 1.77 bits per heavy atom. The van der Waals surface area contributed by atoms with Crippen LogP contribution >= 0.6 is 0 Å². The summed E-state index contributed by atoms with van der Waals surface area (Å²) in [7, 11) is 1.82. The average molecular weight is 530 g/mol. The molecule has 0 aliphatic heterocycles. The maximum absolute atomic E-state index is 12.7. The fourth-order valence-corrected chi connectivity index (χ4v) is 4.35. The van der Waals surface area contributed by atoms with Crippen molar-refractivity contribution in [3.63, 3.8) is 0 Å². The Labute approximate surface area is 228 Å². The summed E-state index contributed by atoms with van der Waals surface area (Å²) < 4.78 is 38.1. The van der Waals surface area contributed by atoms with Crippen molar-refractivity contribution >= 4 is 5.69 Å². The molecule has 39 heavy (non-hydrogen) atoms. The van der Waals surface area contributed by atoms with E-state index < -0.39 is 11.7 Å². The molecule has 0 spiro atoms. The van der Waals surface area contributed by atoms with Crippen molar-refractivity contribution < 1.29 is 13.2 Å². The van der Waals surface area contributed by atoms with Crippen molar-refractivity contribution in [3.05, 3.63) is 114 Å². The van der Waals surface area contributed by atoms with Gasteiger partial charge in [0.05, 0.1) is 17.0 Å². The van der Waals surface area contributed by atoms with Gasteiger partial charge in [-0.25, -0.2) is 0 Å². The van der Waals surface area contributed by atoms with E-state index in [1.54, 1.807) is 11.8 Å². The minimum Gasteiger partial charge on any atom is -0.388 e. The molecule has 3 nitrogen and oxygen atoms in total. The zero-order valence-electron chi connectivity index (χ0n) is 22.4. The fourth-order valence-electron chi connectivity index (χ4n) is 4.35. The van der Waals surface area contributed by atoms with E-state index in [9.17, 15) is 13.2 Å². The highest BCUT2D eigenvalue weighted by molar-refractivity contribution is 5.78.